The Morgan fingerprint density at radius 2 is 1.93 bits per heavy atom. The Bertz CT molecular complexity index is 1130. The van der Waals surface area contributed by atoms with Crippen molar-refractivity contribution in [2.75, 3.05) is 0 Å². The van der Waals surface area contributed by atoms with E-state index in [1.165, 1.54) is 22.9 Å². The van der Waals surface area contributed by atoms with Gasteiger partial charge in [-0.15, -0.1) is 0 Å². The predicted octanol–water partition coefficient (Wildman–Crippen LogP) is 2.87. The Balaban J connectivity index is 1.90. The highest BCUT2D eigenvalue weighted by Gasteiger charge is 2.21. The van der Waals surface area contributed by atoms with Crippen molar-refractivity contribution in [3.63, 3.8) is 0 Å². The number of benzene rings is 2. The number of rotatable bonds is 6. The Kier molecular flexibility index (Phi) is 5.63. The Labute approximate surface area is 165 Å². The van der Waals surface area contributed by atoms with Gasteiger partial charge in [-0.25, -0.2) is 9.07 Å². The number of amides is 1. The van der Waals surface area contributed by atoms with Gasteiger partial charge in [0, 0.05) is 6.07 Å². The second-order valence-electron chi connectivity index (χ2n) is 6.81. The quantitative estimate of drug-likeness (QED) is 0.595. The van der Waals surface area contributed by atoms with Crippen LogP contribution in [0.25, 0.3) is 5.69 Å². The van der Waals surface area contributed by atoms with Gasteiger partial charge in [0.1, 0.15) is 11.5 Å². The van der Waals surface area contributed by atoms with E-state index in [4.69, 9.17) is 5.11 Å². The number of nitrogens with zero attached hydrogens (tertiary/aromatic N) is 1. The second kappa shape index (κ2) is 8.14. The molecule has 2 aromatic carbocycles. The van der Waals surface area contributed by atoms with Crippen LogP contribution in [0.4, 0.5) is 4.39 Å². The monoisotopic (exact) mass is 397 g/mol. The van der Waals surface area contributed by atoms with Crippen LogP contribution in [0.5, 0.6) is 0 Å². The third-order valence-corrected chi connectivity index (χ3v) is 4.51. The van der Waals surface area contributed by atoms with Gasteiger partial charge >= 0.3 is 5.97 Å². The first-order chi connectivity index (χ1) is 13.7. The zero-order valence-electron chi connectivity index (χ0n) is 15.9. The molecule has 0 aliphatic carbocycles. The highest BCUT2D eigenvalue weighted by Crippen LogP contribution is 2.19. The fourth-order valence-corrected chi connectivity index (χ4v) is 3.04. The average Bonchev–Trinajstić information content (AvgIpc) is 3.04. The van der Waals surface area contributed by atoms with Gasteiger partial charge in [-0.05, 0) is 48.7 Å². The standard InChI is InChI=1S/C21H20FN3O4/c1-12-6-7-13(2)18(8-12)25-19(26)10-17(24-25)21(29)23-16(11-20(27)28)14-4-3-5-15(22)9-14/h3-10,16,24H,11H2,1-2H3,(H,23,29)(H,27,28). The highest BCUT2D eigenvalue weighted by molar-refractivity contribution is 5.92. The molecule has 150 valence electrons. The number of aliphatic carboxylic acids is 1. The third kappa shape index (κ3) is 4.60. The van der Waals surface area contributed by atoms with Crippen LogP contribution in [0.2, 0.25) is 0 Å². The molecule has 0 saturated carbocycles. The van der Waals surface area contributed by atoms with E-state index in [0.29, 0.717) is 11.3 Å². The fourth-order valence-electron chi connectivity index (χ4n) is 3.04. The van der Waals surface area contributed by atoms with E-state index < -0.39 is 35.7 Å². The number of carbonyl (C=O) groups excluding carboxylic acids is 1. The molecule has 1 amide bonds. The van der Waals surface area contributed by atoms with Gasteiger partial charge in [0.2, 0.25) is 0 Å². The summed E-state index contributed by atoms with van der Waals surface area (Å²) in [4.78, 5) is 36.2. The summed E-state index contributed by atoms with van der Waals surface area (Å²) in [7, 11) is 0. The first-order valence-corrected chi connectivity index (χ1v) is 8.92. The summed E-state index contributed by atoms with van der Waals surface area (Å²) in [6.07, 6.45) is -0.433. The van der Waals surface area contributed by atoms with Crippen LogP contribution in [-0.2, 0) is 4.79 Å². The predicted molar refractivity (Wildman–Crippen MR) is 105 cm³/mol. The van der Waals surface area contributed by atoms with Crippen molar-refractivity contribution in [2.24, 2.45) is 0 Å². The van der Waals surface area contributed by atoms with Crippen LogP contribution in [0.15, 0.2) is 53.3 Å². The van der Waals surface area contributed by atoms with Gasteiger partial charge in [0.25, 0.3) is 11.5 Å². The smallest absolute Gasteiger partial charge is 0.305 e. The lowest BCUT2D eigenvalue weighted by molar-refractivity contribution is -0.137. The van der Waals surface area contributed by atoms with Gasteiger partial charge < -0.3 is 10.4 Å². The first-order valence-electron chi connectivity index (χ1n) is 8.92. The van der Waals surface area contributed by atoms with Gasteiger partial charge in [0.05, 0.1) is 18.2 Å². The van der Waals surface area contributed by atoms with Crippen molar-refractivity contribution in [2.45, 2.75) is 26.3 Å². The number of H-pyrrole nitrogens is 1. The molecular weight excluding hydrogens is 377 g/mol. The molecule has 29 heavy (non-hydrogen) atoms. The van der Waals surface area contributed by atoms with Crippen LogP contribution in [0.3, 0.4) is 0 Å². The van der Waals surface area contributed by atoms with Crippen LogP contribution in [0, 0.1) is 19.7 Å². The van der Waals surface area contributed by atoms with Gasteiger partial charge in [-0.3, -0.25) is 19.5 Å². The minimum atomic E-state index is -1.15. The number of hydrogen-bond donors (Lipinski definition) is 3. The number of aryl methyl sites for hydroxylation is 2. The Hall–Kier alpha value is -3.68. The van der Waals surface area contributed by atoms with E-state index in [9.17, 15) is 18.8 Å². The maximum atomic E-state index is 13.5. The third-order valence-electron chi connectivity index (χ3n) is 4.51. The molecule has 8 heteroatoms. The molecule has 1 atom stereocenters. The normalized spacial score (nSPS) is 11.8. The van der Waals surface area contributed by atoms with Crippen molar-refractivity contribution in [1.29, 1.82) is 0 Å². The first kappa shape index (κ1) is 20.1. The molecule has 0 aliphatic heterocycles. The van der Waals surface area contributed by atoms with Crippen molar-refractivity contribution < 1.29 is 19.1 Å². The summed E-state index contributed by atoms with van der Waals surface area (Å²) in [5.41, 5.74) is 2.27. The van der Waals surface area contributed by atoms with Gasteiger partial charge in [-0.2, -0.15) is 0 Å². The number of carbonyl (C=O) groups is 2. The lowest BCUT2D eigenvalue weighted by atomic mass is 10.0. The molecule has 0 radical (unpaired) electrons. The van der Waals surface area contributed by atoms with E-state index in [1.807, 2.05) is 32.0 Å². The SMILES string of the molecule is Cc1ccc(C)c(-n2[nH]c(C(=O)NC(CC(=O)O)c3cccc(F)c3)cc2=O)c1. The number of aromatic amines is 1. The van der Waals surface area contributed by atoms with E-state index in [2.05, 4.69) is 10.4 Å². The number of hydrogen-bond acceptors (Lipinski definition) is 3. The minimum absolute atomic E-state index is 0.0253. The van der Waals surface area contributed by atoms with Crippen molar-refractivity contribution in [1.82, 2.24) is 15.1 Å². The maximum Gasteiger partial charge on any atom is 0.305 e. The molecule has 0 aliphatic rings. The van der Waals surface area contributed by atoms with Crippen molar-refractivity contribution in [3.8, 4) is 5.69 Å². The molecule has 7 nitrogen and oxygen atoms in total. The van der Waals surface area contributed by atoms with Gasteiger partial charge in [0.15, 0.2) is 0 Å². The molecule has 1 aromatic heterocycles. The van der Waals surface area contributed by atoms with Crippen molar-refractivity contribution >= 4 is 11.9 Å². The lowest BCUT2D eigenvalue weighted by Gasteiger charge is -2.17. The molecule has 0 fully saturated rings. The lowest BCUT2D eigenvalue weighted by Crippen LogP contribution is -2.30. The molecule has 3 aromatic rings. The van der Waals surface area contributed by atoms with Crippen LogP contribution in [-0.4, -0.2) is 26.8 Å². The van der Waals surface area contributed by atoms with Crippen LogP contribution in [0.1, 0.15) is 39.6 Å². The van der Waals surface area contributed by atoms with Crippen molar-refractivity contribution in [3.05, 3.63) is 87.1 Å². The number of carboxylic acids is 1. The number of halogens is 1. The number of nitrogens with one attached hydrogen (secondary N) is 2. The molecular formula is C21H20FN3O4. The number of aromatic nitrogens is 2. The van der Waals surface area contributed by atoms with E-state index in [-0.39, 0.29) is 5.69 Å². The largest absolute Gasteiger partial charge is 0.481 e. The zero-order valence-corrected chi connectivity index (χ0v) is 15.9. The summed E-state index contributed by atoms with van der Waals surface area (Å²) in [5.74, 6) is -2.36. The van der Waals surface area contributed by atoms with E-state index in [1.54, 1.807) is 0 Å². The zero-order chi connectivity index (χ0) is 21.1. The summed E-state index contributed by atoms with van der Waals surface area (Å²) in [6.45, 7) is 3.73. The highest BCUT2D eigenvalue weighted by atomic mass is 19.1. The summed E-state index contributed by atoms with van der Waals surface area (Å²) >= 11 is 0. The molecule has 3 rings (SSSR count). The summed E-state index contributed by atoms with van der Waals surface area (Å²) < 4.78 is 14.8. The Morgan fingerprint density at radius 1 is 1.17 bits per heavy atom. The summed E-state index contributed by atoms with van der Waals surface area (Å²) in [6, 6.07) is 11.1. The Morgan fingerprint density at radius 3 is 2.62 bits per heavy atom. The summed E-state index contributed by atoms with van der Waals surface area (Å²) in [5, 5.41) is 14.5. The van der Waals surface area contributed by atoms with Crippen LogP contribution >= 0.6 is 0 Å². The van der Waals surface area contributed by atoms with E-state index >= 15 is 0 Å². The fraction of sp³-hybridized carbons (Fsp3) is 0.190. The molecule has 0 bridgehead atoms. The molecule has 3 N–H and O–H groups in total. The van der Waals surface area contributed by atoms with Gasteiger partial charge in [-0.1, -0.05) is 24.3 Å². The maximum absolute atomic E-state index is 13.5. The second-order valence-corrected chi connectivity index (χ2v) is 6.81. The van der Waals surface area contributed by atoms with Crippen LogP contribution < -0.4 is 10.9 Å². The molecule has 0 spiro atoms. The molecule has 0 saturated heterocycles. The molecule has 1 unspecified atom stereocenters. The molecule has 1 heterocycles. The average molecular weight is 397 g/mol. The topological polar surface area (TPSA) is 104 Å². The number of carboxylic acid groups (broad SMARTS) is 1. The minimum Gasteiger partial charge on any atom is -0.481 e. The van der Waals surface area contributed by atoms with E-state index in [0.717, 1.165) is 23.3 Å².